The second-order valence-corrected chi connectivity index (χ2v) is 6.84. The van der Waals surface area contributed by atoms with E-state index < -0.39 is 0 Å². The number of nitrogens with zero attached hydrogens (tertiary/aromatic N) is 1. The molecule has 25 heavy (non-hydrogen) atoms. The third kappa shape index (κ3) is 4.24. The molecule has 1 aliphatic rings. The third-order valence-corrected chi connectivity index (χ3v) is 4.82. The molecule has 3 rings (SSSR count). The van der Waals surface area contributed by atoms with Crippen LogP contribution in [0.4, 0.5) is 4.79 Å². The van der Waals surface area contributed by atoms with Crippen molar-refractivity contribution in [3.05, 3.63) is 69.6 Å². The van der Waals surface area contributed by atoms with Gasteiger partial charge in [-0.1, -0.05) is 35.9 Å². The van der Waals surface area contributed by atoms with Crippen molar-refractivity contribution < 1.29 is 14.3 Å². The topological polar surface area (TPSA) is 46.6 Å². The van der Waals surface area contributed by atoms with Gasteiger partial charge in [-0.3, -0.25) is 14.5 Å². The highest BCUT2D eigenvalue weighted by Gasteiger charge is 2.33. The first-order valence-electron chi connectivity index (χ1n) is 7.79. The van der Waals surface area contributed by atoms with Crippen LogP contribution in [0.2, 0.25) is 5.02 Å². The summed E-state index contributed by atoms with van der Waals surface area (Å²) in [7, 11) is 0. The molecule has 0 N–H and O–H groups in total. The summed E-state index contributed by atoms with van der Waals surface area (Å²) in [4.78, 5) is 25.6. The van der Waals surface area contributed by atoms with Crippen LogP contribution in [-0.2, 0) is 11.4 Å². The Labute approximate surface area is 155 Å². The summed E-state index contributed by atoms with van der Waals surface area (Å²) >= 11 is 6.83. The number of carbonyl (C=O) groups excluding carboxylic acids is 2. The van der Waals surface area contributed by atoms with Crippen LogP contribution in [-0.4, -0.2) is 22.6 Å². The molecule has 6 heteroatoms. The number of imide groups is 1. The first-order chi connectivity index (χ1) is 12.1. The Balaban J connectivity index is 1.71. The summed E-state index contributed by atoms with van der Waals surface area (Å²) in [6, 6.07) is 14.9. The fourth-order valence-corrected chi connectivity index (χ4v) is 3.39. The molecule has 4 nitrogen and oxygen atoms in total. The Hall–Kier alpha value is -2.24. The van der Waals surface area contributed by atoms with Gasteiger partial charge >= 0.3 is 0 Å². The van der Waals surface area contributed by atoms with E-state index in [1.54, 1.807) is 13.0 Å². The quantitative estimate of drug-likeness (QED) is 0.694. The number of amides is 2. The molecule has 0 bridgehead atoms. The minimum atomic E-state index is -0.245. The molecule has 1 aliphatic heterocycles. The SMILES string of the molecule is CCN1C(=O)SC(=Cc2cccc(OCc3ccc(Cl)cc3)c2)C1=O. The Morgan fingerprint density at radius 3 is 2.60 bits per heavy atom. The summed E-state index contributed by atoms with van der Waals surface area (Å²) in [5.41, 5.74) is 1.83. The lowest BCUT2D eigenvalue weighted by molar-refractivity contribution is -0.122. The Kier molecular flexibility index (Phi) is 5.46. The molecule has 1 heterocycles. The summed E-state index contributed by atoms with van der Waals surface area (Å²) < 4.78 is 5.79. The first kappa shape index (κ1) is 17.6. The lowest BCUT2D eigenvalue weighted by Gasteiger charge is -2.08. The first-order valence-corrected chi connectivity index (χ1v) is 8.99. The van der Waals surface area contributed by atoms with Crippen LogP contribution in [0.25, 0.3) is 6.08 Å². The lowest BCUT2D eigenvalue weighted by atomic mass is 10.2. The number of carbonyl (C=O) groups is 2. The van der Waals surface area contributed by atoms with E-state index in [1.165, 1.54) is 4.90 Å². The van der Waals surface area contributed by atoms with Gasteiger partial charge in [0.25, 0.3) is 11.1 Å². The van der Waals surface area contributed by atoms with Crippen molar-refractivity contribution in [2.24, 2.45) is 0 Å². The summed E-state index contributed by atoms with van der Waals surface area (Å²) in [6.07, 6.45) is 1.72. The fraction of sp³-hybridized carbons (Fsp3) is 0.158. The third-order valence-electron chi connectivity index (χ3n) is 3.66. The van der Waals surface area contributed by atoms with Crippen molar-refractivity contribution in [1.82, 2.24) is 4.90 Å². The molecular weight excluding hydrogens is 358 g/mol. The van der Waals surface area contributed by atoms with Gasteiger partial charge in [-0.25, -0.2) is 0 Å². The molecule has 1 saturated heterocycles. The summed E-state index contributed by atoms with van der Waals surface area (Å²) in [5.74, 6) is 0.448. The predicted octanol–water partition coefficient (Wildman–Crippen LogP) is 4.98. The number of rotatable bonds is 5. The average Bonchev–Trinajstić information content (AvgIpc) is 2.88. The van der Waals surface area contributed by atoms with Gasteiger partial charge in [0, 0.05) is 11.6 Å². The molecule has 0 aromatic heterocycles. The summed E-state index contributed by atoms with van der Waals surface area (Å²) in [5, 5.41) is 0.459. The minimum Gasteiger partial charge on any atom is -0.489 e. The number of hydrogen-bond donors (Lipinski definition) is 0. The molecule has 0 unspecified atom stereocenters. The monoisotopic (exact) mass is 373 g/mol. The normalized spacial score (nSPS) is 15.9. The molecule has 0 saturated carbocycles. The van der Waals surface area contributed by atoms with Crippen LogP contribution in [0.3, 0.4) is 0 Å². The van der Waals surface area contributed by atoms with E-state index in [0.29, 0.717) is 28.8 Å². The van der Waals surface area contributed by atoms with Gasteiger partial charge in [0.2, 0.25) is 0 Å². The van der Waals surface area contributed by atoms with Crippen LogP contribution in [0.5, 0.6) is 5.75 Å². The number of halogens is 1. The van der Waals surface area contributed by atoms with Crippen molar-refractivity contribution in [3.63, 3.8) is 0 Å². The van der Waals surface area contributed by atoms with E-state index in [9.17, 15) is 9.59 Å². The van der Waals surface area contributed by atoms with Crippen molar-refractivity contribution >= 4 is 40.6 Å². The van der Waals surface area contributed by atoms with Crippen LogP contribution < -0.4 is 4.74 Å². The number of benzene rings is 2. The van der Waals surface area contributed by atoms with Gasteiger partial charge in [0.15, 0.2) is 0 Å². The van der Waals surface area contributed by atoms with E-state index >= 15 is 0 Å². The van der Waals surface area contributed by atoms with E-state index in [1.807, 2.05) is 48.5 Å². The van der Waals surface area contributed by atoms with E-state index in [-0.39, 0.29) is 11.1 Å². The number of thioether (sulfide) groups is 1. The fourth-order valence-electron chi connectivity index (χ4n) is 2.37. The van der Waals surface area contributed by atoms with Crippen LogP contribution >= 0.6 is 23.4 Å². The van der Waals surface area contributed by atoms with E-state index in [2.05, 4.69) is 0 Å². The number of ether oxygens (including phenoxy) is 1. The average molecular weight is 374 g/mol. The van der Waals surface area contributed by atoms with Crippen LogP contribution in [0.15, 0.2) is 53.4 Å². The highest BCUT2D eigenvalue weighted by Crippen LogP contribution is 2.32. The van der Waals surface area contributed by atoms with Gasteiger partial charge in [-0.05, 0) is 60.2 Å². The molecule has 0 atom stereocenters. The molecule has 0 spiro atoms. The van der Waals surface area contributed by atoms with E-state index in [4.69, 9.17) is 16.3 Å². The molecule has 1 fully saturated rings. The molecule has 2 aromatic carbocycles. The van der Waals surface area contributed by atoms with Gasteiger partial charge in [-0.2, -0.15) is 0 Å². The molecule has 2 amide bonds. The lowest BCUT2D eigenvalue weighted by Crippen LogP contribution is -2.27. The van der Waals surface area contributed by atoms with Gasteiger partial charge in [-0.15, -0.1) is 0 Å². The van der Waals surface area contributed by atoms with E-state index in [0.717, 1.165) is 22.9 Å². The second-order valence-electron chi connectivity index (χ2n) is 5.41. The molecule has 0 radical (unpaired) electrons. The van der Waals surface area contributed by atoms with Crippen molar-refractivity contribution in [3.8, 4) is 5.75 Å². The number of likely N-dealkylation sites (N-methyl/N-ethyl adjacent to an activating group) is 1. The molecular formula is C19H16ClNO3S. The number of hydrogen-bond acceptors (Lipinski definition) is 4. The Morgan fingerprint density at radius 1 is 1.16 bits per heavy atom. The maximum absolute atomic E-state index is 12.1. The van der Waals surface area contributed by atoms with Gasteiger partial charge in [0.05, 0.1) is 4.91 Å². The molecule has 2 aromatic rings. The Morgan fingerprint density at radius 2 is 1.92 bits per heavy atom. The predicted molar refractivity (Wildman–Crippen MR) is 101 cm³/mol. The smallest absolute Gasteiger partial charge is 0.293 e. The maximum Gasteiger partial charge on any atom is 0.293 e. The van der Waals surface area contributed by atoms with Crippen LogP contribution in [0, 0.1) is 0 Å². The zero-order valence-corrected chi connectivity index (χ0v) is 15.1. The highest BCUT2D eigenvalue weighted by atomic mass is 35.5. The zero-order valence-electron chi connectivity index (χ0n) is 13.6. The van der Waals surface area contributed by atoms with Gasteiger partial charge < -0.3 is 4.74 Å². The van der Waals surface area contributed by atoms with Crippen molar-refractivity contribution in [2.75, 3.05) is 6.54 Å². The standard InChI is InChI=1S/C19H16ClNO3S/c1-2-21-18(22)17(25-19(21)23)11-14-4-3-5-16(10-14)24-12-13-6-8-15(20)9-7-13/h3-11H,2,12H2,1H3. The molecule has 128 valence electrons. The van der Waals surface area contributed by atoms with Crippen molar-refractivity contribution in [2.45, 2.75) is 13.5 Å². The largest absolute Gasteiger partial charge is 0.489 e. The molecule has 0 aliphatic carbocycles. The maximum atomic E-state index is 12.1. The summed E-state index contributed by atoms with van der Waals surface area (Å²) in [6.45, 7) is 2.59. The Bertz CT molecular complexity index is 833. The van der Waals surface area contributed by atoms with Crippen molar-refractivity contribution in [1.29, 1.82) is 0 Å². The minimum absolute atomic E-state index is 0.228. The van der Waals surface area contributed by atoms with Crippen LogP contribution in [0.1, 0.15) is 18.1 Å². The second kappa shape index (κ2) is 7.76. The highest BCUT2D eigenvalue weighted by molar-refractivity contribution is 8.18. The van der Waals surface area contributed by atoms with Gasteiger partial charge in [0.1, 0.15) is 12.4 Å². The zero-order chi connectivity index (χ0) is 17.8.